The predicted octanol–water partition coefficient (Wildman–Crippen LogP) is 6.76. The van der Waals surface area contributed by atoms with Crippen LogP contribution < -0.4 is 10.2 Å². The van der Waals surface area contributed by atoms with E-state index in [0.717, 1.165) is 29.8 Å². The van der Waals surface area contributed by atoms with E-state index in [9.17, 15) is 9.18 Å². The molecule has 1 aliphatic carbocycles. The number of rotatable bonds is 3. The minimum Gasteiger partial charge on any atom is -0.378 e. The molecule has 184 valence electrons. The first-order valence-corrected chi connectivity index (χ1v) is 13.2. The second kappa shape index (κ2) is 9.13. The third-order valence-corrected chi connectivity index (χ3v) is 8.61. The molecule has 0 radical (unpaired) electrons. The van der Waals surface area contributed by atoms with Crippen LogP contribution in [0, 0.1) is 5.82 Å². The SMILES string of the molecule is CN(C)c1ccc([C@@H]2c3cccn3-c3sc4c(c3CN2C(=O)Nc2ccccc2F)CCCC4)cc1. The summed E-state index contributed by atoms with van der Waals surface area (Å²) >= 11 is 1.86. The van der Waals surface area contributed by atoms with Crippen molar-refractivity contribution in [1.29, 1.82) is 0 Å². The van der Waals surface area contributed by atoms with Crippen LogP contribution in [0.1, 0.15) is 46.1 Å². The number of para-hydroxylation sites is 1. The van der Waals surface area contributed by atoms with Crippen molar-refractivity contribution in [1.82, 2.24) is 9.47 Å². The summed E-state index contributed by atoms with van der Waals surface area (Å²) in [6.45, 7) is 0.475. The third kappa shape index (κ3) is 3.88. The van der Waals surface area contributed by atoms with Crippen molar-refractivity contribution < 1.29 is 9.18 Å². The maximum atomic E-state index is 14.5. The summed E-state index contributed by atoms with van der Waals surface area (Å²) in [6, 6.07) is 18.2. The zero-order valence-electron chi connectivity index (χ0n) is 20.5. The first-order chi connectivity index (χ1) is 17.5. The molecule has 0 saturated carbocycles. The van der Waals surface area contributed by atoms with E-state index in [-0.39, 0.29) is 17.8 Å². The lowest BCUT2D eigenvalue weighted by Gasteiger charge is -2.31. The first kappa shape index (κ1) is 22.9. The van der Waals surface area contributed by atoms with Crippen LogP contribution in [0.25, 0.3) is 5.00 Å². The minimum absolute atomic E-state index is 0.191. The summed E-state index contributed by atoms with van der Waals surface area (Å²) in [5, 5.41) is 4.07. The molecule has 2 aromatic carbocycles. The predicted molar refractivity (Wildman–Crippen MR) is 144 cm³/mol. The topological polar surface area (TPSA) is 40.5 Å². The molecule has 0 bridgehead atoms. The molecule has 1 aliphatic heterocycles. The number of anilines is 2. The molecule has 5 nitrogen and oxygen atoms in total. The van der Waals surface area contributed by atoms with E-state index in [1.807, 2.05) is 30.3 Å². The molecule has 1 atom stereocenters. The molecule has 36 heavy (non-hydrogen) atoms. The Hall–Kier alpha value is -3.58. The van der Waals surface area contributed by atoms with Gasteiger partial charge in [0, 0.05) is 36.4 Å². The second-order valence-electron chi connectivity index (χ2n) is 9.72. The average Bonchev–Trinajstić information content (AvgIpc) is 3.47. The smallest absolute Gasteiger partial charge is 0.323 e. The Kier molecular flexibility index (Phi) is 5.80. The number of carbonyl (C=O) groups excluding carboxylic acids is 1. The normalized spacial score (nSPS) is 16.5. The number of nitrogens with one attached hydrogen (secondary N) is 1. The summed E-state index contributed by atoms with van der Waals surface area (Å²) in [5.74, 6) is -0.440. The number of hydrogen-bond acceptors (Lipinski definition) is 3. The molecule has 2 amide bonds. The Bertz CT molecular complexity index is 1420. The van der Waals surface area contributed by atoms with E-state index in [1.54, 1.807) is 18.2 Å². The fourth-order valence-electron chi connectivity index (χ4n) is 5.44. The molecule has 1 N–H and O–H groups in total. The lowest BCUT2D eigenvalue weighted by molar-refractivity contribution is 0.194. The molecule has 0 spiro atoms. The van der Waals surface area contributed by atoms with E-state index in [2.05, 4.69) is 57.4 Å². The summed E-state index contributed by atoms with van der Waals surface area (Å²) in [6.07, 6.45) is 6.63. The molecular weight excluding hydrogens is 471 g/mol. The van der Waals surface area contributed by atoms with Gasteiger partial charge in [-0.05, 0) is 73.2 Å². The monoisotopic (exact) mass is 500 g/mol. The van der Waals surface area contributed by atoms with Crippen molar-refractivity contribution in [3.8, 4) is 5.00 Å². The molecule has 2 aromatic heterocycles. The van der Waals surface area contributed by atoms with E-state index in [0.29, 0.717) is 6.54 Å². The standard InChI is InChI=1S/C29H29FN4OS/c1-32(2)20-15-13-19(14-16-20)27-25-11-7-17-33(25)28-22(21-8-3-6-12-26(21)36-28)18-34(27)29(35)31-24-10-5-4-9-23(24)30/h4-5,7,9-11,13-17,27H,3,6,8,12,18H2,1-2H3,(H,31,35)/t27-/m1/s1. The number of carbonyl (C=O) groups is 1. The Labute approximate surface area is 214 Å². The number of thiophene rings is 1. The second-order valence-corrected chi connectivity index (χ2v) is 10.8. The molecule has 4 aromatic rings. The van der Waals surface area contributed by atoms with Gasteiger partial charge in [-0.3, -0.25) is 0 Å². The lowest BCUT2D eigenvalue weighted by atomic mass is 9.95. The minimum atomic E-state index is -0.440. The summed E-state index contributed by atoms with van der Waals surface area (Å²) in [7, 11) is 4.03. The molecule has 3 heterocycles. The van der Waals surface area contributed by atoms with E-state index < -0.39 is 5.82 Å². The van der Waals surface area contributed by atoms with Crippen LogP contribution in [0.2, 0.25) is 0 Å². The van der Waals surface area contributed by atoms with Gasteiger partial charge in [-0.1, -0.05) is 24.3 Å². The van der Waals surface area contributed by atoms with Crippen LogP contribution in [0.15, 0.2) is 66.9 Å². The van der Waals surface area contributed by atoms with Gasteiger partial charge in [-0.2, -0.15) is 0 Å². The number of halogens is 1. The van der Waals surface area contributed by atoms with Crippen LogP contribution in [0.4, 0.5) is 20.6 Å². The number of fused-ring (bicyclic) bond motifs is 5. The molecule has 0 unspecified atom stereocenters. The highest BCUT2D eigenvalue weighted by Gasteiger charge is 2.36. The van der Waals surface area contributed by atoms with Gasteiger partial charge in [0.1, 0.15) is 10.8 Å². The third-order valence-electron chi connectivity index (χ3n) is 7.28. The van der Waals surface area contributed by atoms with Crippen LogP contribution in [0.5, 0.6) is 0 Å². The van der Waals surface area contributed by atoms with Crippen molar-refractivity contribution in [3.63, 3.8) is 0 Å². The molecule has 2 aliphatic rings. The summed E-state index contributed by atoms with van der Waals surface area (Å²) in [5.41, 5.74) is 5.97. The van der Waals surface area contributed by atoms with Crippen LogP contribution in [-0.4, -0.2) is 29.6 Å². The first-order valence-electron chi connectivity index (χ1n) is 12.4. The molecule has 0 fully saturated rings. The van der Waals surface area contributed by atoms with Gasteiger partial charge in [0.2, 0.25) is 0 Å². The lowest BCUT2D eigenvalue weighted by Crippen LogP contribution is -2.38. The van der Waals surface area contributed by atoms with Crippen molar-refractivity contribution in [3.05, 3.63) is 99.9 Å². The highest BCUT2D eigenvalue weighted by Crippen LogP contribution is 2.44. The average molecular weight is 501 g/mol. The van der Waals surface area contributed by atoms with Gasteiger partial charge < -0.3 is 19.7 Å². The molecule has 6 rings (SSSR count). The quantitative estimate of drug-likeness (QED) is 0.338. The number of aryl methyl sites for hydroxylation is 1. The van der Waals surface area contributed by atoms with Gasteiger partial charge in [-0.25, -0.2) is 9.18 Å². The zero-order valence-corrected chi connectivity index (χ0v) is 21.3. The molecule has 0 saturated heterocycles. The van der Waals surface area contributed by atoms with Crippen molar-refractivity contribution >= 4 is 28.7 Å². The van der Waals surface area contributed by atoms with E-state index in [4.69, 9.17) is 0 Å². The maximum absolute atomic E-state index is 14.5. The van der Waals surface area contributed by atoms with Crippen molar-refractivity contribution in [2.45, 2.75) is 38.3 Å². The maximum Gasteiger partial charge on any atom is 0.323 e. The van der Waals surface area contributed by atoms with E-state index >= 15 is 0 Å². The van der Waals surface area contributed by atoms with Gasteiger partial charge >= 0.3 is 6.03 Å². The van der Waals surface area contributed by atoms with Gasteiger partial charge in [0.15, 0.2) is 0 Å². The number of urea groups is 1. The van der Waals surface area contributed by atoms with Gasteiger partial charge in [0.25, 0.3) is 0 Å². The van der Waals surface area contributed by atoms with Gasteiger partial charge in [-0.15, -0.1) is 11.3 Å². The number of nitrogens with zero attached hydrogens (tertiary/aromatic N) is 3. The number of hydrogen-bond donors (Lipinski definition) is 1. The Morgan fingerprint density at radius 2 is 1.78 bits per heavy atom. The highest BCUT2D eigenvalue weighted by molar-refractivity contribution is 7.15. The highest BCUT2D eigenvalue weighted by atomic mass is 32.1. The van der Waals surface area contributed by atoms with Crippen molar-refractivity contribution in [2.75, 3.05) is 24.3 Å². The Morgan fingerprint density at radius 3 is 2.56 bits per heavy atom. The van der Waals surface area contributed by atoms with E-state index in [1.165, 1.54) is 39.9 Å². The number of benzene rings is 2. The molecular formula is C29H29FN4OS. The molecule has 7 heteroatoms. The van der Waals surface area contributed by atoms with Gasteiger partial charge in [0.05, 0.1) is 24.0 Å². The summed E-state index contributed by atoms with van der Waals surface area (Å²) in [4.78, 5) is 19.3. The number of amides is 2. The van der Waals surface area contributed by atoms with Crippen LogP contribution >= 0.6 is 11.3 Å². The fourth-order valence-corrected chi connectivity index (χ4v) is 6.85. The van der Waals surface area contributed by atoms with Crippen molar-refractivity contribution in [2.24, 2.45) is 0 Å². The zero-order chi connectivity index (χ0) is 24.8. The Balaban J connectivity index is 1.49. The Morgan fingerprint density at radius 1 is 1.00 bits per heavy atom. The van der Waals surface area contributed by atoms with Crippen LogP contribution in [-0.2, 0) is 19.4 Å². The largest absolute Gasteiger partial charge is 0.378 e. The number of aromatic nitrogens is 1. The van der Waals surface area contributed by atoms with Crippen LogP contribution in [0.3, 0.4) is 0 Å². The summed E-state index contributed by atoms with van der Waals surface area (Å²) < 4.78 is 16.8. The fraction of sp³-hybridized carbons (Fsp3) is 0.276.